The van der Waals surface area contributed by atoms with Crippen LogP contribution in [0.4, 0.5) is 0 Å². The number of nitrogens with two attached hydrogens (primary N) is 1. The van der Waals surface area contributed by atoms with Crippen molar-refractivity contribution in [2.75, 3.05) is 13.6 Å². The van der Waals surface area contributed by atoms with Gasteiger partial charge >= 0.3 is 0 Å². The van der Waals surface area contributed by atoms with Gasteiger partial charge in [-0.1, -0.05) is 95.5 Å². The van der Waals surface area contributed by atoms with E-state index < -0.39 is 72.0 Å². The monoisotopic (exact) mass is 785 g/mol. The van der Waals surface area contributed by atoms with Crippen LogP contribution in [0.1, 0.15) is 116 Å². The van der Waals surface area contributed by atoms with Crippen molar-refractivity contribution in [3.8, 4) is 0 Å². The molecule has 2 saturated carbocycles. The standard InChI is InChI=1S/C42H68N6O8/c1-7-8-9-13-19-34(50)30(22-28-16-14-15-26(4)21-28)42(56)48(6)33(20-25(2)3)39(53)47-37(29-17-11-10-12-18-29)41(55)45-32(24-43)38(52)46-36(27(5)49)40(54)44-31-23-35(31)51/h14-16,21,25,27,29-34,36-37,49-50H,7-13,17-20,22-24,43H2,1-6H3,(H,44,54)(H,45,55)(H,46,52)(H,47,53)/t27-,30+,31?,32-,33-,34+,36-,37-/m0/s1. The van der Waals surface area contributed by atoms with Crippen molar-refractivity contribution in [3.05, 3.63) is 35.4 Å². The number of carbonyl (C=O) groups is 6. The van der Waals surface area contributed by atoms with E-state index in [2.05, 4.69) is 28.2 Å². The molecule has 2 aliphatic carbocycles. The predicted octanol–water partition coefficient (Wildman–Crippen LogP) is 2.19. The summed E-state index contributed by atoms with van der Waals surface area (Å²) in [6, 6.07) is 2.48. The Balaban J connectivity index is 1.83. The van der Waals surface area contributed by atoms with Gasteiger partial charge in [0.25, 0.3) is 0 Å². The SMILES string of the molecule is CCCCCC[C@@H](O)[C@@H](Cc1cccc(C)c1)C(=O)N(C)[C@@H](CC(C)C)C(=O)N[C@H](C(=O)N[C@@H](CN)C(=O)N[C@H](C(=O)NC1CC1=O)[C@H](C)O)C1CCCCC1. The third kappa shape index (κ3) is 14.3. The predicted molar refractivity (Wildman–Crippen MR) is 214 cm³/mol. The van der Waals surface area contributed by atoms with Gasteiger partial charge in [-0.2, -0.15) is 0 Å². The van der Waals surface area contributed by atoms with Crippen LogP contribution < -0.4 is 27.0 Å². The number of unbranched alkanes of at least 4 members (excludes halogenated alkanes) is 3. The quantitative estimate of drug-likeness (QED) is 0.0808. The molecule has 8 N–H and O–H groups in total. The lowest BCUT2D eigenvalue weighted by Gasteiger charge is -2.36. The van der Waals surface area contributed by atoms with Crippen molar-refractivity contribution in [1.82, 2.24) is 26.2 Å². The Morgan fingerprint density at radius 1 is 0.911 bits per heavy atom. The number of aryl methyl sites for hydroxylation is 1. The summed E-state index contributed by atoms with van der Waals surface area (Å²) < 4.78 is 0. The van der Waals surface area contributed by atoms with Gasteiger partial charge in [0, 0.05) is 20.0 Å². The van der Waals surface area contributed by atoms with Crippen LogP contribution in [0.3, 0.4) is 0 Å². The van der Waals surface area contributed by atoms with Gasteiger partial charge in [0.15, 0.2) is 5.78 Å². The van der Waals surface area contributed by atoms with E-state index in [1.54, 1.807) is 7.05 Å². The Morgan fingerprint density at radius 2 is 1.59 bits per heavy atom. The van der Waals surface area contributed by atoms with Crippen LogP contribution in [-0.4, -0.2) is 106 Å². The minimum absolute atomic E-state index is 0.000406. The van der Waals surface area contributed by atoms with Crippen LogP contribution >= 0.6 is 0 Å². The molecule has 1 aromatic carbocycles. The zero-order valence-corrected chi connectivity index (χ0v) is 34.4. The van der Waals surface area contributed by atoms with Gasteiger partial charge in [-0.25, -0.2) is 0 Å². The molecule has 0 heterocycles. The summed E-state index contributed by atoms with van der Waals surface area (Å²) in [5.74, 6) is -4.23. The van der Waals surface area contributed by atoms with Crippen LogP contribution in [0.5, 0.6) is 0 Å². The molecular weight excluding hydrogens is 716 g/mol. The molecule has 0 saturated heterocycles. The Morgan fingerprint density at radius 3 is 2.16 bits per heavy atom. The first-order chi connectivity index (χ1) is 26.6. The van der Waals surface area contributed by atoms with E-state index in [-0.39, 0.29) is 36.5 Å². The first-order valence-corrected chi connectivity index (χ1v) is 20.7. The number of Topliss-reactive ketones (excluding diaryl/α,β-unsaturated/α-hetero) is 1. The van der Waals surface area contributed by atoms with Crippen LogP contribution in [0.25, 0.3) is 0 Å². The second-order valence-electron chi connectivity index (χ2n) is 16.5. The normalized spacial score (nSPS) is 19.5. The molecule has 1 unspecified atom stereocenters. The molecule has 2 aliphatic rings. The van der Waals surface area contributed by atoms with Crippen LogP contribution in [0.2, 0.25) is 0 Å². The molecule has 0 radical (unpaired) electrons. The molecule has 2 fully saturated rings. The van der Waals surface area contributed by atoms with E-state index >= 15 is 0 Å². The molecule has 1 aromatic rings. The summed E-state index contributed by atoms with van der Waals surface area (Å²) in [5, 5.41) is 32.3. The number of nitrogens with one attached hydrogen (secondary N) is 4. The smallest absolute Gasteiger partial charge is 0.245 e. The maximum atomic E-state index is 14.4. The molecule has 0 spiro atoms. The summed E-state index contributed by atoms with van der Waals surface area (Å²) >= 11 is 0. The fourth-order valence-electron chi connectivity index (χ4n) is 7.57. The lowest BCUT2D eigenvalue weighted by Crippen LogP contribution is -2.62. The highest BCUT2D eigenvalue weighted by molar-refractivity contribution is 6.04. The van der Waals surface area contributed by atoms with E-state index in [9.17, 15) is 39.0 Å². The topological polar surface area (TPSA) is 220 Å². The van der Waals surface area contributed by atoms with Crippen molar-refractivity contribution in [2.45, 2.75) is 161 Å². The van der Waals surface area contributed by atoms with E-state index in [1.807, 2.05) is 45.0 Å². The van der Waals surface area contributed by atoms with Crippen LogP contribution in [0.15, 0.2) is 24.3 Å². The Kier molecular flexibility index (Phi) is 18.9. The van der Waals surface area contributed by atoms with Crippen molar-refractivity contribution in [1.29, 1.82) is 0 Å². The van der Waals surface area contributed by atoms with Gasteiger partial charge in [0.05, 0.1) is 24.2 Å². The molecule has 0 bridgehead atoms. The number of hydrogen-bond donors (Lipinski definition) is 7. The summed E-state index contributed by atoms with van der Waals surface area (Å²) in [5.41, 5.74) is 7.90. The number of likely N-dealkylation sites (N-methyl/N-ethyl adjacent to an activating group) is 1. The van der Waals surface area contributed by atoms with Gasteiger partial charge in [-0.15, -0.1) is 0 Å². The fourth-order valence-corrected chi connectivity index (χ4v) is 7.57. The number of benzene rings is 1. The van der Waals surface area contributed by atoms with E-state index in [0.29, 0.717) is 32.1 Å². The number of aliphatic hydroxyl groups is 2. The fraction of sp³-hybridized carbons (Fsp3) is 0.714. The highest BCUT2D eigenvalue weighted by Crippen LogP contribution is 2.28. The molecule has 0 aliphatic heterocycles. The lowest BCUT2D eigenvalue weighted by atomic mass is 9.83. The number of aliphatic hydroxyl groups excluding tert-OH is 2. The van der Waals surface area contributed by atoms with Crippen molar-refractivity contribution in [3.63, 3.8) is 0 Å². The van der Waals surface area contributed by atoms with E-state index in [4.69, 9.17) is 5.73 Å². The van der Waals surface area contributed by atoms with Crippen LogP contribution in [0, 0.1) is 24.7 Å². The summed E-state index contributed by atoms with van der Waals surface area (Å²) in [6.07, 6.45) is 6.84. The third-order valence-electron chi connectivity index (χ3n) is 11.1. The van der Waals surface area contributed by atoms with Crippen molar-refractivity contribution in [2.24, 2.45) is 23.5 Å². The maximum absolute atomic E-state index is 14.4. The van der Waals surface area contributed by atoms with E-state index in [0.717, 1.165) is 56.1 Å². The van der Waals surface area contributed by atoms with Crippen molar-refractivity contribution >= 4 is 35.3 Å². The highest BCUT2D eigenvalue weighted by atomic mass is 16.3. The average Bonchev–Trinajstić information content (AvgIpc) is 3.86. The van der Waals surface area contributed by atoms with Gasteiger partial charge in [0.1, 0.15) is 24.2 Å². The van der Waals surface area contributed by atoms with E-state index in [1.165, 1.54) is 11.8 Å². The number of carbonyl (C=O) groups excluding carboxylic acids is 6. The summed E-state index contributed by atoms with van der Waals surface area (Å²) in [4.78, 5) is 81.8. The second-order valence-corrected chi connectivity index (χ2v) is 16.5. The number of ketones is 1. The van der Waals surface area contributed by atoms with Crippen molar-refractivity contribution < 1.29 is 39.0 Å². The molecule has 14 nitrogen and oxygen atoms in total. The molecule has 56 heavy (non-hydrogen) atoms. The van der Waals surface area contributed by atoms with Gasteiger partial charge in [-0.05, 0) is 63.4 Å². The lowest BCUT2D eigenvalue weighted by molar-refractivity contribution is -0.146. The molecular formula is C42H68N6O8. The average molecular weight is 785 g/mol. The number of amides is 5. The maximum Gasteiger partial charge on any atom is 0.245 e. The Labute approximate surface area is 332 Å². The minimum atomic E-state index is -1.40. The molecule has 314 valence electrons. The second kappa shape index (κ2) is 22.8. The summed E-state index contributed by atoms with van der Waals surface area (Å²) in [6.45, 7) is 8.97. The first kappa shape index (κ1) is 46.5. The zero-order chi connectivity index (χ0) is 41.5. The number of hydrogen-bond acceptors (Lipinski definition) is 9. The number of nitrogens with zero attached hydrogens (tertiary/aromatic N) is 1. The van der Waals surface area contributed by atoms with Gasteiger partial charge < -0.3 is 42.1 Å². The molecule has 0 aromatic heterocycles. The third-order valence-corrected chi connectivity index (χ3v) is 11.1. The Hall–Kier alpha value is -3.88. The first-order valence-electron chi connectivity index (χ1n) is 20.7. The largest absolute Gasteiger partial charge is 0.392 e. The molecule has 8 atom stereocenters. The van der Waals surface area contributed by atoms with Gasteiger partial charge in [0.2, 0.25) is 29.5 Å². The number of rotatable bonds is 23. The summed E-state index contributed by atoms with van der Waals surface area (Å²) in [7, 11) is 1.58. The minimum Gasteiger partial charge on any atom is -0.392 e. The Bertz CT molecular complexity index is 1480. The van der Waals surface area contributed by atoms with Gasteiger partial charge in [-0.3, -0.25) is 28.8 Å². The zero-order valence-electron chi connectivity index (χ0n) is 34.4. The van der Waals surface area contributed by atoms with Crippen LogP contribution in [-0.2, 0) is 35.2 Å². The molecule has 3 rings (SSSR count). The molecule has 14 heteroatoms. The highest BCUT2D eigenvalue weighted by Gasteiger charge is 2.41. The molecule has 5 amide bonds.